The highest BCUT2D eigenvalue weighted by molar-refractivity contribution is 5.72. The Morgan fingerprint density at radius 1 is 1.40 bits per heavy atom. The molecule has 0 saturated carbocycles. The summed E-state index contributed by atoms with van der Waals surface area (Å²) in [5, 5.41) is 8.83. The topological polar surface area (TPSA) is 55.8 Å². The summed E-state index contributed by atoms with van der Waals surface area (Å²) in [5.41, 5.74) is 0. The summed E-state index contributed by atoms with van der Waals surface area (Å²) in [6.45, 7) is 1.76. The van der Waals surface area contributed by atoms with Crippen LogP contribution in [-0.4, -0.2) is 24.3 Å². The molecule has 0 bridgehead atoms. The average Bonchev–Trinajstić information content (AvgIpc) is 2.25. The van der Waals surface area contributed by atoms with E-state index in [1.54, 1.807) is 31.2 Å². The van der Waals surface area contributed by atoms with Gasteiger partial charge >= 0.3 is 5.97 Å². The van der Waals surface area contributed by atoms with Crippen LogP contribution in [0, 0.1) is 0 Å². The standard InChI is InChI=1S/C11H14O4/c1-3-8(11(12)13)15-10-7-5-4-6-9(10)14-2/h4-8H,3H2,1-2H3,(H,12,13)/t8-/m1/s1. The Labute approximate surface area is 88.4 Å². The van der Waals surface area contributed by atoms with E-state index >= 15 is 0 Å². The summed E-state index contributed by atoms with van der Waals surface area (Å²) in [6.07, 6.45) is -0.422. The van der Waals surface area contributed by atoms with E-state index in [2.05, 4.69) is 0 Å². The van der Waals surface area contributed by atoms with Crippen molar-refractivity contribution in [2.75, 3.05) is 7.11 Å². The molecule has 1 atom stereocenters. The van der Waals surface area contributed by atoms with Crippen LogP contribution in [0.1, 0.15) is 13.3 Å². The number of carboxylic acid groups (broad SMARTS) is 1. The first-order valence-corrected chi connectivity index (χ1v) is 4.71. The van der Waals surface area contributed by atoms with Gasteiger partial charge in [-0.3, -0.25) is 0 Å². The van der Waals surface area contributed by atoms with Gasteiger partial charge in [0.1, 0.15) is 0 Å². The Bertz CT molecular complexity index is 335. The lowest BCUT2D eigenvalue weighted by Gasteiger charge is -2.15. The number of hydrogen-bond donors (Lipinski definition) is 1. The second kappa shape index (κ2) is 5.24. The fourth-order valence-corrected chi connectivity index (χ4v) is 1.18. The van der Waals surface area contributed by atoms with Crippen LogP contribution < -0.4 is 9.47 Å². The van der Waals surface area contributed by atoms with E-state index in [9.17, 15) is 4.79 Å². The van der Waals surface area contributed by atoms with Crippen molar-refractivity contribution in [3.05, 3.63) is 24.3 Å². The van der Waals surface area contributed by atoms with E-state index in [4.69, 9.17) is 14.6 Å². The van der Waals surface area contributed by atoms with Gasteiger partial charge in [-0.2, -0.15) is 0 Å². The molecule has 82 valence electrons. The zero-order chi connectivity index (χ0) is 11.3. The van der Waals surface area contributed by atoms with Crippen LogP contribution in [0.2, 0.25) is 0 Å². The van der Waals surface area contributed by atoms with E-state index in [0.29, 0.717) is 17.9 Å². The summed E-state index contributed by atoms with van der Waals surface area (Å²) in [7, 11) is 1.52. The van der Waals surface area contributed by atoms with Crippen molar-refractivity contribution in [3.8, 4) is 11.5 Å². The number of hydrogen-bond acceptors (Lipinski definition) is 3. The van der Waals surface area contributed by atoms with Gasteiger partial charge in [0.15, 0.2) is 17.6 Å². The van der Waals surface area contributed by atoms with Gasteiger partial charge < -0.3 is 14.6 Å². The number of benzene rings is 1. The van der Waals surface area contributed by atoms with Gasteiger partial charge in [0.25, 0.3) is 0 Å². The van der Waals surface area contributed by atoms with Crippen LogP contribution in [0.15, 0.2) is 24.3 Å². The van der Waals surface area contributed by atoms with Gasteiger partial charge in [-0.1, -0.05) is 19.1 Å². The lowest BCUT2D eigenvalue weighted by atomic mass is 10.2. The smallest absolute Gasteiger partial charge is 0.344 e. The molecule has 0 fully saturated rings. The normalized spacial score (nSPS) is 11.9. The van der Waals surface area contributed by atoms with Crippen LogP contribution in [0.4, 0.5) is 0 Å². The zero-order valence-corrected chi connectivity index (χ0v) is 8.77. The molecule has 0 radical (unpaired) electrons. The van der Waals surface area contributed by atoms with Crippen molar-refractivity contribution >= 4 is 5.97 Å². The third-order valence-corrected chi connectivity index (χ3v) is 1.98. The van der Waals surface area contributed by atoms with Crippen molar-refractivity contribution < 1.29 is 19.4 Å². The van der Waals surface area contributed by atoms with Crippen LogP contribution >= 0.6 is 0 Å². The largest absolute Gasteiger partial charge is 0.493 e. The molecule has 0 aliphatic rings. The SMILES string of the molecule is CC[C@@H](Oc1ccccc1OC)C(=O)O. The maximum atomic E-state index is 10.8. The molecule has 1 N–H and O–H groups in total. The van der Waals surface area contributed by atoms with Crippen molar-refractivity contribution in [1.29, 1.82) is 0 Å². The molecule has 0 aliphatic carbocycles. The quantitative estimate of drug-likeness (QED) is 0.806. The fraction of sp³-hybridized carbons (Fsp3) is 0.364. The summed E-state index contributed by atoms with van der Waals surface area (Å²) in [5.74, 6) is 0.0230. The molecule has 15 heavy (non-hydrogen) atoms. The molecule has 4 heteroatoms. The molecule has 4 nitrogen and oxygen atoms in total. The second-order valence-corrected chi connectivity index (χ2v) is 3.00. The van der Waals surface area contributed by atoms with Gasteiger partial charge in [0, 0.05) is 0 Å². The summed E-state index contributed by atoms with van der Waals surface area (Å²) < 4.78 is 10.4. The van der Waals surface area contributed by atoms with Crippen LogP contribution in [0.5, 0.6) is 11.5 Å². The van der Waals surface area contributed by atoms with E-state index in [1.165, 1.54) is 7.11 Å². The Kier molecular flexibility index (Phi) is 3.97. The molecule has 1 aromatic rings. The fourth-order valence-electron chi connectivity index (χ4n) is 1.18. The zero-order valence-electron chi connectivity index (χ0n) is 8.77. The van der Waals surface area contributed by atoms with Crippen molar-refractivity contribution in [2.45, 2.75) is 19.4 Å². The maximum Gasteiger partial charge on any atom is 0.344 e. The molecule has 0 unspecified atom stereocenters. The monoisotopic (exact) mass is 210 g/mol. The van der Waals surface area contributed by atoms with Crippen molar-refractivity contribution in [2.24, 2.45) is 0 Å². The third kappa shape index (κ3) is 2.87. The van der Waals surface area contributed by atoms with E-state index in [-0.39, 0.29) is 0 Å². The van der Waals surface area contributed by atoms with E-state index in [1.807, 2.05) is 0 Å². The number of carbonyl (C=O) groups is 1. The van der Waals surface area contributed by atoms with Gasteiger partial charge in [-0.05, 0) is 18.6 Å². The first-order valence-electron chi connectivity index (χ1n) is 4.71. The number of aliphatic carboxylic acids is 1. The lowest BCUT2D eigenvalue weighted by molar-refractivity contribution is -0.145. The molecule has 0 saturated heterocycles. The number of rotatable bonds is 5. The Balaban J connectivity index is 2.82. The van der Waals surface area contributed by atoms with Crippen LogP contribution in [0.3, 0.4) is 0 Å². The highest BCUT2D eigenvalue weighted by atomic mass is 16.5. The van der Waals surface area contributed by atoms with Crippen LogP contribution in [0.25, 0.3) is 0 Å². The van der Waals surface area contributed by atoms with Gasteiger partial charge in [0.2, 0.25) is 0 Å². The third-order valence-electron chi connectivity index (χ3n) is 1.98. The molecule has 0 spiro atoms. The first-order chi connectivity index (χ1) is 7.19. The number of para-hydroxylation sites is 2. The average molecular weight is 210 g/mol. The number of ether oxygens (including phenoxy) is 2. The highest BCUT2D eigenvalue weighted by Crippen LogP contribution is 2.27. The van der Waals surface area contributed by atoms with Crippen molar-refractivity contribution in [3.63, 3.8) is 0 Å². The lowest BCUT2D eigenvalue weighted by Crippen LogP contribution is -2.26. The minimum atomic E-state index is -0.969. The molecule has 0 aromatic heterocycles. The van der Waals surface area contributed by atoms with Gasteiger partial charge in [-0.25, -0.2) is 4.79 Å². The molecular weight excluding hydrogens is 196 g/mol. The molecule has 0 heterocycles. The summed E-state index contributed by atoms with van der Waals surface area (Å²) in [6, 6.07) is 6.98. The minimum absolute atomic E-state index is 0.410. The first kappa shape index (κ1) is 11.4. The van der Waals surface area contributed by atoms with Gasteiger partial charge in [0.05, 0.1) is 7.11 Å². The molecular formula is C11H14O4. The number of carboxylic acids is 1. The Morgan fingerprint density at radius 2 is 2.00 bits per heavy atom. The Morgan fingerprint density at radius 3 is 2.47 bits per heavy atom. The predicted molar refractivity (Wildman–Crippen MR) is 55.3 cm³/mol. The number of methoxy groups -OCH3 is 1. The van der Waals surface area contributed by atoms with E-state index in [0.717, 1.165) is 0 Å². The molecule has 1 aromatic carbocycles. The van der Waals surface area contributed by atoms with Gasteiger partial charge in [-0.15, -0.1) is 0 Å². The van der Waals surface area contributed by atoms with E-state index < -0.39 is 12.1 Å². The predicted octanol–water partition coefficient (Wildman–Crippen LogP) is 1.94. The minimum Gasteiger partial charge on any atom is -0.493 e. The molecule has 0 aliphatic heterocycles. The molecule has 0 amide bonds. The van der Waals surface area contributed by atoms with Crippen molar-refractivity contribution in [1.82, 2.24) is 0 Å². The summed E-state index contributed by atoms with van der Waals surface area (Å²) in [4.78, 5) is 10.8. The Hall–Kier alpha value is -1.71. The molecule has 1 rings (SSSR count). The summed E-state index contributed by atoms with van der Waals surface area (Å²) >= 11 is 0. The maximum absolute atomic E-state index is 10.8. The van der Waals surface area contributed by atoms with Crippen LogP contribution in [-0.2, 0) is 4.79 Å². The highest BCUT2D eigenvalue weighted by Gasteiger charge is 2.18. The second-order valence-electron chi connectivity index (χ2n) is 3.00.